The van der Waals surface area contributed by atoms with E-state index < -0.39 is 0 Å². The van der Waals surface area contributed by atoms with Crippen molar-refractivity contribution in [1.29, 1.82) is 5.26 Å². The van der Waals surface area contributed by atoms with Crippen molar-refractivity contribution in [3.05, 3.63) is 65.7 Å². The third kappa shape index (κ3) is 5.98. The zero-order chi connectivity index (χ0) is 17.2. The third-order valence-corrected chi connectivity index (χ3v) is 3.31. The standard InChI is InChI=1S/C20H20N2O2/c1-16-7-9-17(10-8-16)11-12-20(23)22-18-5-4-6-19(15-18)24-14-3-2-13-21/h4-12,15H,2-3,14H2,1H3,(H,22,23)/b12-11+. The number of aryl methyl sites for hydroxylation is 1. The first-order valence-electron chi connectivity index (χ1n) is 7.83. The number of amides is 1. The molecule has 0 fully saturated rings. The fraction of sp³-hybridized carbons (Fsp3) is 0.200. The molecule has 4 nitrogen and oxygen atoms in total. The van der Waals surface area contributed by atoms with Gasteiger partial charge in [0.25, 0.3) is 0 Å². The summed E-state index contributed by atoms with van der Waals surface area (Å²) in [5, 5.41) is 11.3. The highest BCUT2D eigenvalue weighted by molar-refractivity contribution is 6.02. The molecule has 0 saturated heterocycles. The monoisotopic (exact) mass is 320 g/mol. The first kappa shape index (κ1) is 17.3. The van der Waals surface area contributed by atoms with E-state index in [1.165, 1.54) is 11.6 Å². The second-order valence-corrected chi connectivity index (χ2v) is 5.37. The number of hydrogen-bond acceptors (Lipinski definition) is 3. The highest BCUT2D eigenvalue weighted by Gasteiger charge is 2.00. The van der Waals surface area contributed by atoms with Crippen LogP contribution in [0.3, 0.4) is 0 Å². The molecule has 0 aromatic heterocycles. The Morgan fingerprint density at radius 1 is 1.25 bits per heavy atom. The number of anilines is 1. The lowest BCUT2D eigenvalue weighted by molar-refractivity contribution is -0.111. The van der Waals surface area contributed by atoms with Crippen LogP contribution in [0, 0.1) is 18.3 Å². The van der Waals surface area contributed by atoms with E-state index in [4.69, 9.17) is 10.00 Å². The molecule has 0 bridgehead atoms. The molecular formula is C20H20N2O2. The molecule has 0 aliphatic carbocycles. The second-order valence-electron chi connectivity index (χ2n) is 5.37. The molecule has 1 amide bonds. The van der Waals surface area contributed by atoms with E-state index >= 15 is 0 Å². The van der Waals surface area contributed by atoms with Crippen LogP contribution in [0.1, 0.15) is 24.0 Å². The topological polar surface area (TPSA) is 62.1 Å². The van der Waals surface area contributed by atoms with Gasteiger partial charge in [0.05, 0.1) is 12.7 Å². The van der Waals surface area contributed by atoms with Gasteiger partial charge in [-0.15, -0.1) is 0 Å². The fourth-order valence-corrected chi connectivity index (χ4v) is 2.04. The molecule has 1 N–H and O–H groups in total. The largest absolute Gasteiger partial charge is 0.493 e. The number of nitrogens with one attached hydrogen (secondary N) is 1. The number of unbranched alkanes of at least 4 members (excludes halogenated alkanes) is 1. The molecule has 2 aromatic carbocycles. The predicted molar refractivity (Wildman–Crippen MR) is 95.6 cm³/mol. The van der Waals surface area contributed by atoms with Crippen molar-refractivity contribution >= 4 is 17.7 Å². The van der Waals surface area contributed by atoms with E-state index in [-0.39, 0.29) is 5.91 Å². The minimum absolute atomic E-state index is 0.197. The van der Waals surface area contributed by atoms with Gasteiger partial charge >= 0.3 is 0 Å². The van der Waals surface area contributed by atoms with Gasteiger partial charge in [0.2, 0.25) is 5.91 Å². The predicted octanol–water partition coefficient (Wildman–Crippen LogP) is 4.33. The molecular weight excluding hydrogens is 300 g/mol. The van der Waals surface area contributed by atoms with Gasteiger partial charge in [-0.2, -0.15) is 5.26 Å². The molecule has 0 aliphatic rings. The van der Waals surface area contributed by atoms with Gasteiger partial charge in [-0.3, -0.25) is 4.79 Å². The summed E-state index contributed by atoms with van der Waals surface area (Å²) in [6.07, 6.45) is 4.44. The van der Waals surface area contributed by atoms with Gasteiger partial charge in [0.1, 0.15) is 5.75 Å². The van der Waals surface area contributed by atoms with Crippen LogP contribution in [0.4, 0.5) is 5.69 Å². The highest BCUT2D eigenvalue weighted by Crippen LogP contribution is 2.17. The molecule has 0 radical (unpaired) electrons. The van der Waals surface area contributed by atoms with E-state index in [9.17, 15) is 4.79 Å². The van der Waals surface area contributed by atoms with Gasteiger partial charge in [-0.1, -0.05) is 35.9 Å². The van der Waals surface area contributed by atoms with Gasteiger partial charge in [-0.25, -0.2) is 0 Å². The number of carbonyl (C=O) groups excluding carboxylic acids is 1. The molecule has 0 saturated carbocycles. The van der Waals surface area contributed by atoms with E-state index in [1.54, 1.807) is 18.2 Å². The molecule has 0 heterocycles. The summed E-state index contributed by atoms with van der Waals surface area (Å²) in [4.78, 5) is 12.0. The summed E-state index contributed by atoms with van der Waals surface area (Å²) in [7, 11) is 0. The molecule has 0 atom stereocenters. The number of ether oxygens (including phenoxy) is 1. The molecule has 4 heteroatoms. The maximum absolute atomic E-state index is 12.0. The smallest absolute Gasteiger partial charge is 0.248 e. The lowest BCUT2D eigenvalue weighted by Crippen LogP contribution is -2.08. The molecule has 0 aliphatic heterocycles. The van der Waals surface area contributed by atoms with Crippen molar-refractivity contribution in [3.8, 4) is 11.8 Å². The lowest BCUT2D eigenvalue weighted by atomic mass is 10.1. The Labute approximate surface area is 142 Å². The number of carbonyl (C=O) groups is 1. The Morgan fingerprint density at radius 2 is 2.04 bits per heavy atom. The van der Waals surface area contributed by atoms with Gasteiger partial charge in [0, 0.05) is 24.3 Å². The van der Waals surface area contributed by atoms with Crippen molar-refractivity contribution in [2.45, 2.75) is 19.8 Å². The van der Waals surface area contributed by atoms with Crippen LogP contribution in [0.2, 0.25) is 0 Å². The van der Waals surface area contributed by atoms with Crippen molar-refractivity contribution < 1.29 is 9.53 Å². The van der Waals surface area contributed by atoms with Gasteiger partial charge < -0.3 is 10.1 Å². The quantitative estimate of drug-likeness (QED) is 0.610. The third-order valence-electron chi connectivity index (χ3n) is 3.31. The minimum atomic E-state index is -0.197. The number of rotatable bonds is 7. The van der Waals surface area contributed by atoms with E-state index in [0.29, 0.717) is 30.9 Å². The average molecular weight is 320 g/mol. The molecule has 0 unspecified atom stereocenters. The maximum Gasteiger partial charge on any atom is 0.248 e. The number of nitrogens with zero attached hydrogens (tertiary/aromatic N) is 1. The zero-order valence-electron chi connectivity index (χ0n) is 13.7. The fourth-order valence-electron chi connectivity index (χ4n) is 2.04. The van der Waals surface area contributed by atoms with E-state index in [2.05, 4.69) is 11.4 Å². The van der Waals surface area contributed by atoms with Crippen LogP contribution in [0.25, 0.3) is 6.08 Å². The Morgan fingerprint density at radius 3 is 2.79 bits per heavy atom. The summed E-state index contributed by atoms with van der Waals surface area (Å²) >= 11 is 0. The van der Waals surface area contributed by atoms with Gasteiger partial charge in [0.15, 0.2) is 0 Å². The average Bonchev–Trinajstić information content (AvgIpc) is 2.59. The van der Waals surface area contributed by atoms with Crippen LogP contribution in [0.15, 0.2) is 54.6 Å². The molecule has 122 valence electrons. The van der Waals surface area contributed by atoms with E-state index in [0.717, 1.165) is 5.56 Å². The summed E-state index contributed by atoms with van der Waals surface area (Å²) in [6.45, 7) is 2.51. The van der Waals surface area contributed by atoms with Crippen LogP contribution in [0.5, 0.6) is 5.75 Å². The van der Waals surface area contributed by atoms with Crippen LogP contribution in [-0.2, 0) is 4.79 Å². The van der Waals surface area contributed by atoms with Crippen LogP contribution >= 0.6 is 0 Å². The van der Waals surface area contributed by atoms with Crippen molar-refractivity contribution in [2.75, 3.05) is 11.9 Å². The number of benzene rings is 2. The maximum atomic E-state index is 12.0. The molecule has 2 rings (SSSR count). The lowest BCUT2D eigenvalue weighted by Gasteiger charge is -2.07. The molecule has 2 aromatic rings. The molecule has 0 spiro atoms. The first-order chi connectivity index (χ1) is 11.7. The normalized spacial score (nSPS) is 10.3. The number of nitriles is 1. The minimum Gasteiger partial charge on any atom is -0.493 e. The first-order valence-corrected chi connectivity index (χ1v) is 7.83. The van der Waals surface area contributed by atoms with Gasteiger partial charge in [-0.05, 0) is 37.1 Å². The Bertz CT molecular complexity index is 743. The highest BCUT2D eigenvalue weighted by atomic mass is 16.5. The SMILES string of the molecule is Cc1ccc(/C=C/C(=O)Nc2cccc(OCCCC#N)c2)cc1. The molecule has 24 heavy (non-hydrogen) atoms. The summed E-state index contributed by atoms with van der Waals surface area (Å²) in [6, 6.07) is 17.2. The van der Waals surface area contributed by atoms with Crippen LogP contribution < -0.4 is 10.1 Å². The summed E-state index contributed by atoms with van der Waals surface area (Å²) in [5.74, 6) is 0.477. The Balaban J connectivity index is 1.89. The summed E-state index contributed by atoms with van der Waals surface area (Å²) < 4.78 is 5.55. The van der Waals surface area contributed by atoms with Crippen LogP contribution in [-0.4, -0.2) is 12.5 Å². The van der Waals surface area contributed by atoms with Crippen molar-refractivity contribution in [1.82, 2.24) is 0 Å². The Kier molecular flexibility index (Phi) is 6.60. The van der Waals surface area contributed by atoms with Crippen molar-refractivity contribution in [3.63, 3.8) is 0 Å². The second kappa shape index (κ2) is 9.16. The zero-order valence-corrected chi connectivity index (χ0v) is 13.7. The van der Waals surface area contributed by atoms with E-state index in [1.807, 2.05) is 43.3 Å². The Hall–Kier alpha value is -3.06. The van der Waals surface area contributed by atoms with Crippen molar-refractivity contribution in [2.24, 2.45) is 0 Å². The summed E-state index contributed by atoms with van der Waals surface area (Å²) in [5.41, 5.74) is 2.83. The number of hydrogen-bond donors (Lipinski definition) is 1.